The zero-order valence-electron chi connectivity index (χ0n) is 18.3. The van der Waals surface area contributed by atoms with Crippen LogP contribution < -0.4 is 0 Å². The van der Waals surface area contributed by atoms with Crippen LogP contribution in [0.5, 0.6) is 0 Å². The van der Waals surface area contributed by atoms with Crippen molar-refractivity contribution < 1.29 is 0 Å². The van der Waals surface area contributed by atoms with E-state index >= 15 is 0 Å². The van der Waals surface area contributed by atoms with Gasteiger partial charge in [0.2, 0.25) is 0 Å². The van der Waals surface area contributed by atoms with Gasteiger partial charge in [0, 0.05) is 29.1 Å². The van der Waals surface area contributed by atoms with Crippen LogP contribution in [0, 0.1) is 0 Å². The molecule has 4 heteroatoms. The van der Waals surface area contributed by atoms with Crippen molar-refractivity contribution in [2.45, 2.75) is 0 Å². The lowest BCUT2D eigenvalue weighted by molar-refractivity contribution is 0.756. The van der Waals surface area contributed by atoms with Crippen LogP contribution in [0.3, 0.4) is 0 Å². The number of hydrogen-bond donors (Lipinski definition) is 0. The molecule has 0 atom stereocenters. The van der Waals surface area contributed by atoms with Crippen molar-refractivity contribution in [3.8, 4) is 39.5 Å². The number of aryl methyl sites for hydroxylation is 1. The Morgan fingerprint density at radius 2 is 1.09 bits per heavy atom. The molecule has 33 heavy (non-hydrogen) atoms. The molecule has 0 unspecified atom stereocenters. The van der Waals surface area contributed by atoms with Crippen molar-refractivity contribution in [2.75, 3.05) is 0 Å². The number of hydrogen-bond acceptors (Lipinski definition) is 2. The summed E-state index contributed by atoms with van der Waals surface area (Å²) in [6, 6.07) is 39.4. The highest BCUT2D eigenvalue weighted by Crippen LogP contribution is 2.42. The van der Waals surface area contributed by atoms with Gasteiger partial charge in [-0.05, 0) is 23.8 Å². The van der Waals surface area contributed by atoms with Crippen LogP contribution in [0.1, 0.15) is 0 Å². The molecule has 6 rings (SSSR count). The van der Waals surface area contributed by atoms with E-state index in [4.69, 9.17) is 10.2 Å². The van der Waals surface area contributed by atoms with Gasteiger partial charge < -0.3 is 4.57 Å². The Morgan fingerprint density at radius 3 is 1.79 bits per heavy atom. The molecule has 2 heterocycles. The van der Waals surface area contributed by atoms with Crippen LogP contribution in [0.15, 0.2) is 115 Å². The Balaban J connectivity index is 1.71. The molecule has 4 nitrogen and oxygen atoms in total. The second-order valence-corrected chi connectivity index (χ2v) is 8.05. The zero-order chi connectivity index (χ0) is 22.2. The van der Waals surface area contributed by atoms with Crippen LogP contribution in [0.25, 0.3) is 50.4 Å². The number of aromatic nitrogens is 4. The van der Waals surface area contributed by atoms with Gasteiger partial charge in [-0.3, -0.25) is 0 Å². The second kappa shape index (κ2) is 7.92. The van der Waals surface area contributed by atoms with E-state index in [1.165, 1.54) is 5.52 Å². The van der Waals surface area contributed by atoms with Gasteiger partial charge in [-0.25, -0.2) is 0 Å². The van der Waals surface area contributed by atoms with E-state index in [0.717, 1.165) is 44.8 Å². The molecule has 0 fully saturated rings. The zero-order valence-corrected chi connectivity index (χ0v) is 18.3. The lowest BCUT2D eigenvalue weighted by Gasteiger charge is -2.08. The van der Waals surface area contributed by atoms with Crippen molar-refractivity contribution in [1.29, 1.82) is 0 Å². The van der Waals surface area contributed by atoms with Gasteiger partial charge in [-0.2, -0.15) is 4.80 Å². The molecule has 158 valence electrons. The first kappa shape index (κ1) is 19.3. The quantitative estimate of drug-likeness (QED) is 0.312. The van der Waals surface area contributed by atoms with E-state index in [0.29, 0.717) is 0 Å². The molecule has 4 aromatic carbocycles. The lowest BCUT2D eigenvalue weighted by Crippen LogP contribution is -1.98. The van der Waals surface area contributed by atoms with Crippen LogP contribution >= 0.6 is 0 Å². The van der Waals surface area contributed by atoms with Crippen LogP contribution in [0.2, 0.25) is 0 Å². The Hall–Kier alpha value is -4.44. The van der Waals surface area contributed by atoms with Crippen molar-refractivity contribution in [2.24, 2.45) is 7.05 Å². The first-order valence-corrected chi connectivity index (χ1v) is 11.0. The minimum atomic E-state index is 0.869. The van der Waals surface area contributed by atoms with Gasteiger partial charge in [0.05, 0.1) is 11.4 Å². The molecule has 6 aromatic rings. The monoisotopic (exact) mass is 426 g/mol. The molecular weight excluding hydrogens is 404 g/mol. The lowest BCUT2D eigenvalue weighted by atomic mass is 9.99. The predicted octanol–water partition coefficient (Wildman–Crippen LogP) is 6.76. The number of para-hydroxylation sites is 2. The van der Waals surface area contributed by atoms with Gasteiger partial charge >= 0.3 is 0 Å². The number of nitrogens with zero attached hydrogens (tertiary/aromatic N) is 4. The van der Waals surface area contributed by atoms with E-state index in [1.807, 2.05) is 54.6 Å². The van der Waals surface area contributed by atoms with Crippen LogP contribution in [-0.4, -0.2) is 19.6 Å². The highest BCUT2D eigenvalue weighted by atomic mass is 15.5. The fraction of sp³-hybridized carbons (Fsp3) is 0.0345. The molecular formula is C29H22N4. The Bertz CT molecular complexity index is 1550. The van der Waals surface area contributed by atoms with Gasteiger partial charge in [-0.15, -0.1) is 10.2 Å². The van der Waals surface area contributed by atoms with E-state index < -0.39 is 0 Å². The largest absolute Gasteiger partial charge is 0.343 e. The van der Waals surface area contributed by atoms with Gasteiger partial charge in [0.15, 0.2) is 0 Å². The van der Waals surface area contributed by atoms with Crippen molar-refractivity contribution in [3.05, 3.63) is 115 Å². The smallest absolute Gasteiger partial charge is 0.124 e. The highest BCUT2D eigenvalue weighted by molar-refractivity contribution is 6.06. The van der Waals surface area contributed by atoms with E-state index in [9.17, 15) is 0 Å². The Kier molecular flexibility index (Phi) is 4.62. The summed E-state index contributed by atoms with van der Waals surface area (Å²) in [6.07, 6.45) is 0. The van der Waals surface area contributed by atoms with Crippen molar-refractivity contribution in [3.63, 3.8) is 0 Å². The SMILES string of the molecule is Cn1c(-c2ccccc2)c(-c2nn(-c3ccccc3)nc2-c2ccccc2)c2ccccc21. The first-order chi connectivity index (χ1) is 16.3. The summed E-state index contributed by atoms with van der Waals surface area (Å²) in [5, 5.41) is 11.2. The summed E-state index contributed by atoms with van der Waals surface area (Å²) < 4.78 is 2.26. The van der Waals surface area contributed by atoms with Crippen molar-refractivity contribution in [1.82, 2.24) is 19.6 Å². The summed E-state index contributed by atoms with van der Waals surface area (Å²) in [4.78, 5) is 1.74. The minimum absolute atomic E-state index is 0.869. The number of benzene rings is 4. The minimum Gasteiger partial charge on any atom is -0.343 e. The van der Waals surface area contributed by atoms with E-state index in [2.05, 4.69) is 72.3 Å². The molecule has 0 saturated heterocycles. The molecule has 0 spiro atoms. The Labute approximate surface area is 192 Å². The number of fused-ring (bicyclic) bond motifs is 1. The maximum Gasteiger partial charge on any atom is 0.124 e. The third-order valence-corrected chi connectivity index (χ3v) is 6.04. The predicted molar refractivity (Wildman–Crippen MR) is 134 cm³/mol. The molecule has 0 radical (unpaired) electrons. The molecule has 0 aliphatic heterocycles. The van der Waals surface area contributed by atoms with Gasteiger partial charge in [-0.1, -0.05) is 97.1 Å². The van der Waals surface area contributed by atoms with Crippen molar-refractivity contribution >= 4 is 10.9 Å². The topological polar surface area (TPSA) is 35.6 Å². The molecule has 0 aliphatic carbocycles. The summed E-state index contributed by atoms with van der Waals surface area (Å²) in [7, 11) is 2.12. The molecule has 0 bridgehead atoms. The summed E-state index contributed by atoms with van der Waals surface area (Å²) in [6.45, 7) is 0. The normalized spacial score (nSPS) is 11.2. The fourth-order valence-electron chi connectivity index (χ4n) is 4.51. The van der Waals surface area contributed by atoms with Crippen LogP contribution in [0.4, 0.5) is 0 Å². The summed E-state index contributed by atoms with van der Waals surface area (Å²) in [5.41, 5.74) is 8.27. The molecule has 0 N–H and O–H groups in total. The third-order valence-electron chi connectivity index (χ3n) is 6.04. The van der Waals surface area contributed by atoms with Gasteiger partial charge in [0.25, 0.3) is 0 Å². The summed E-state index contributed by atoms with van der Waals surface area (Å²) >= 11 is 0. The highest BCUT2D eigenvalue weighted by Gasteiger charge is 2.25. The molecule has 0 aliphatic rings. The first-order valence-electron chi connectivity index (χ1n) is 11.0. The molecule has 0 saturated carbocycles. The Morgan fingerprint density at radius 1 is 0.545 bits per heavy atom. The average molecular weight is 427 g/mol. The van der Waals surface area contributed by atoms with E-state index in [1.54, 1.807) is 4.80 Å². The average Bonchev–Trinajstić information content (AvgIpc) is 3.45. The molecule has 0 amide bonds. The molecule has 2 aromatic heterocycles. The third kappa shape index (κ3) is 3.24. The summed E-state index contributed by atoms with van der Waals surface area (Å²) in [5.74, 6) is 0. The van der Waals surface area contributed by atoms with E-state index in [-0.39, 0.29) is 0 Å². The maximum atomic E-state index is 5.07. The van der Waals surface area contributed by atoms with Gasteiger partial charge in [0.1, 0.15) is 11.4 Å². The maximum absolute atomic E-state index is 5.07. The standard InChI is InChI=1S/C29H22N4/c1-32-25-20-12-11-19-24(25)26(29(32)22-15-7-3-8-16-22)28-27(21-13-5-2-6-14-21)30-33(31-28)23-17-9-4-10-18-23/h2-20H,1H3. The van der Waals surface area contributed by atoms with Crippen LogP contribution in [-0.2, 0) is 7.05 Å². The fourth-order valence-corrected chi connectivity index (χ4v) is 4.51. The second-order valence-electron chi connectivity index (χ2n) is 8.05. The number of rotatable bonds is 4.